The molecule has 0 aliphatic heterocycles. The molecule has 0 saturated heterocycles. The lowest BCUT2D eigenvalue weighted by molar-refractivity contribution is 0.152. The normalized spacial score (nSPS) is 14.8. The zero-order valence-corrected chi connectivity index (χ0v) is 13.6. The van der Waals surface area contributed by atoms with Crippen LogP contribution in [-0.2, 0) is 0 Å². The lowest BCUT2D eigenvalue weighted by Crippen LogP contribution is -2.39. The van der Waals surface area contributed by atoms with Crippen LogP contribution in [-0.4, -0.2) is 24.0 Å². The Bertz CT molecular complexity index is 384. The third-order valence-electron chi connectivity index (χ3n) is 3.47. The van der Waals surface area contributed by atoms with E-state index in [0.29, 0.717) is 12.6 Å². The molecule has 2 N–H and O–H groups in total. The lowest BCUT2D eigenvalue weighted by Gasteiger charge is -2.35. The van der Waals surface area contributed by atoms with E-state index in [1.165, 1.54) is 5.56 Å². The largest absolute Gasteiger partial charge is 0.329 e. The number of likely N-dealkylation sites (N-methyl/N-ethyl adjacent to an activating group) is 1. The van der Waals surface area contributed by atoms with Crippen molar-refractivity contribution in [1.82, 2.24) is 4.90 Å². The first kappa shape index (κ1) is 16.0. The molecule has 18 heavy (non-hydrogen) atoms. The van der Waals surface area contributed by atoms with Gasteiger partial charge in [0.25, 0.3) is 0 Å². The van der Waals surface area contributed by atoms with Crippen molar-refractivity contribution in [3.8, 4) is 0 Å². The number of hydrogen-bond acceptors (Lipinski definition) is 2. The van der Waals surface area contributed by atoms with Gasteiger partial charge in [-0.05, 0) is 53.5 Å². The SMILES string of the molecule is CCC(C)N(CC)C(CN)c1ccc(Cl)c(Br)c1. The maximum atomic E-state index is 6.04. The van der Waals surface area contributed by atoms with E-state index >= 15 is 0 Å². The van der Waals surface area contributed by atoms with Crippen molar-refractivity contribution in [1.29, 1.82) is 0 Å². The maximum absolute atomic E-state index is 6.04. The summed E-state index contributed by atoms with van der Waals surface area (Å²) in [6.07, 6.45) is 1.12. The van der Waals surface area contributed by atoms with Gasteiger partial charge in [0, 0.05) is 23.1 Å². The van der Waals surface area contributed by atoms with Crippen LogP contribution < -0.4 is 5.73 Å². The van der Waals surface area contributed by atoms with Crippen LogP contribution >= 0.6 is 27.5 Å². The molecule has 0 aromatic heterocycles. The predicted molar refractivity (Wildman–Crippen MR) is 83.1 cm³/mol. The average molecular weight is 334 g/mol. The van der Waals surface area contributed by atoms with E-state index in [2.05, 4.69) is 53.7 Å². The van der Waals surface area contributed by atoms with E-state index in [4.69, 9.17) is 17.3 Å². The molecule has 0 fully saturated rings. The second-order valence-electron chi connectivity index (χ2n) is 4.51. The molecule has 0 heterocycles. The first-order valence-corrected chi connectivity index (χ1v) is 7.62. The minimum atomic E-state index is 0.249. The predicted octanol–water partition coefficient (Wildman–Crippen LogP) is 4.22. The molecule has 0 bridgehead atoms. The molecule has 2 atom stereocenters. The van der Waals surface area contributed by atoms with Gasteiger partial charge in [-0.15, -0.1) is 0 Å². The van der Waals surface area contributed by atoms with Gasteiger partial charge in [-0.1, -0.05) is 31.5 Å². The van der Waals surface area contributed by atoms with Gasteiger partial charge in [-0.2, -0.15) is 0 Å². The summed E-state index contributed by atoms with van der Waals surface area (Å²) in [7, 11) is 0. The molecule has 102 valence electrons. The van der Waals surface area contributed by atoms with E-state index in [-0.39, 0.29) is 6.04 Å². The van der Waals surface area contributed by atoms with Crippen molar-refractivity contribution in [2.45, 2.75) is 39.3 Å². The summed E-state index contributed by atoms with van der Waals surface area (Å²) in [6.45, 7) is 8.25. The van der Waals surface area contributed by atoms with Crippen molar-refractivity contribution in [3.63, 3.8) is 0 Å². The fraction of sp³-hybridized carbons (Fsp3) is 0.571. The average Bonchev–Trinajstić information content (AvgIpc) is 2.38. The summed E-state index contributed by atoms with van der Waals surface area (Å²) in [4.78, 5) is 2.44. The van der Waals surface area contributed by atoms with Crippen molar-refractivity contribution in [3.05, 3.63) is 33.3 Å². The van der Waals surface area contributed by atoms with Gasteiger partial charge in [-0.25, -0.2) is 0 Å². The molecule has 0 radical (unpaired) electrons. The molecular weight excluding hydrogens is 312 g/mol. The van der Waals surface area contributed by atoms with Gasteiger partial charge in [-0.3, -0.25) is 4.90 Å². The summed E-state index contributed by atoms with van der Waals surface area (Å²) in [5.41, 5.74) is 7.19. The second-order valence-corrected chi connectivity index (χ2v) is 5.77. The van der Waals surface area contributed by atoms with E-state index < -0.39 is 0 Å². The Morgan fingerprint density at radius 3 is 2.50 bits per heavy atom. The zero-order chi connectivity index (χ0) is 13.7. The van der Waals surface area contributed by atoms with Crippen LogP contribution in [0, 0.1) is 0 Å². The van der Waals surface area contributed by atoms with Gasteiger partial charge in [0.2, 0.25) is 0 Å². The van der Waals surface area contributed by atoms with Gasteiger partial charge in [0.15, 0.2) is 0 Å². The highest BCUT2D eigenvalue weighted by atomic mass is 79.9. The summed E-state index contributed by atoms with van der Waals surface area (Å²) in [5.74, 6) is 0. The molecule has 0 spiro atoms. The fourth-order valence-electron chi connectivity index (χ4n) is 2.26. The quantitative estimate of drug-likeness (QED) is 0.844. The molecule has 1 rings (SSSR count). The Hall–Kier alpha value is -0.0900. The highest BCUT2D eigenvalue weighted by molar-refractivity contribution is 9.10. The topological polar surface area (TPSA) is 29.3 Å². The number of benzene rings is 1. The molecule has 1 aromatic rings. The summed E-state index contributed by atoms with van der Waals surface area (Å²) in [5, 5.41) is 0.737. The van der Waals surface area contributed by atoms with Crippen LogP contribution in [0.4, 0.5) is 0 Å². The molecule has 4 heteroatoms. The van der Waals surface area contributed by atoms with Crippen molar-refractivity contribution in [2.75, 3.05) is 13.1 Å². The van der Waals surface area contributed by atoms with Gasteiger partial charge < -0.3 is 5.73 Å². The van der Waals surface area contributed by atoms with Crippen LogP contribution in [0.2, 0.25) is 5.02 Å². The molecule has 0 amide bonds. The van der Waals surface area contributed by atoms with E-state index in [1.807, 2.05) is 6.07 Å². The van der Waals surface area contributed by atoms with Crippen LogP contribution in [0.15, 0.2) is 22.7 Å². The molecule has 0 aliphatic rings. The van der Waals surface area contributed by atoms with Crippen LogP contribution in [0.5, 0.6) is 0 Å². The third kappa shape index (κ3) is 3.70. The first-order chi connectivity index (χ1) is 8.54. The Morgan fingerprint density at radius 2 is 2.06 bits per heavy atom. The smallest absolute Gasteiger partial charge is 0.0548 e. The molecule has 1 aromatic carbocycles. The number of halogens is 2. The minimum Gasteiger partial charge on any atom is -0.329 e. The molecule has 0 saturated carbocycles. The number of nitrogens with two attached hydrogens (primary N) is 1. The number of rotatable bonds is 6. The Labute approximate surface area is 124 Å². The first-order valence-electron chi connectivity index (χ1n) is 6.45. The molecule has 2 nitrogen and oxygen atoms in total. The molecule has 0 aliphatic carbocycles. The second kappa shape index (κ2) is 7.49. The Balaban J connectivity index is 3.03. The summed E-state index contributed by atoms with van der Waals surface area (Å²) in [6, 6.07) is 6.84. The number of hydrogen-bond donors (Lipinski definition) is 1. The lowest BCUT2D eigenvalue weighted by atomic mass is 10.0. The van der Waals surface area contributed by atoms with Crippen molar-refractivity contribution in [2.24, 2.45) is 5.73 Å². The highest BCUT2D eigenvalue weighted by Gasteiger charge is 2.22. The van der Waals surface area contributed by atoms with Crippen LogP contribution in [0.25, 0.3) is 0 Å². The third-order valence-corrected chi connectivity index (χ3v) is 4.69. The molecular formula is C14H22BrClN2. The van der Waals surface area contributed by atoms with Crippen molar-refractivity contribution >= 4 is 27.5 Å². The van der Waals surface area contributed by atoms with Gasteiger partial charge in [0.1, 0.15) is 0 Å². The Morgan fingerprint density at radius 1 is 1.39 bits per heavy atom. The monoisotopic (exact) mass is 332 g/mol. The van der Waals surface area contributed by atoms with E-state index in [0.717, 1.165) is 22.5 Å². The standard InChI is InChI=1S/C14H22BrClN2/c1-4-10(3)18(5-2)14(9-17)11-6-7-13(16)12(15)8-11/h6-8,10,14H,4-5,9,17H2,1-3H3. The van der Waals surface area contributed by atoms with E-state index in [9.17, 15) is 0 Å². The van der Waals surface area contributed by atoms with Crippen molar-refractivity contribution < 1.29 is 0 Å². The maximum Gasteiger partial charge on any atom is 0.0548 e. The summed E-state index contributed by atoms with van der Waals surface area (Å²) < 4.78 is 0.931. The zero-order valence-electron chi connectivity index (χ0n) is 11.3. The van der Waals surface area contributed by atoms with Crippen LogP contribution in [0.3, 0.4) is 0 Å². The summed E-state index contributed by atoms with van der Waals surface area (Å²) >= 11 is 9.52. The number of nitrogens with zero attached hydrogens (tertiary/aromatic N) is 1. The van der Waals surface area contributed by atoms with Crippen LogP contribution in [0.1, 0.15) is 38.8 Å². The molecule has 2 unspecified atom stereocenters. The van der Waals surface area contributed by atoms with E-state index in [1.54, 1.807) is 0 Å². The fourth-order valence-corrected chi connectivity index (χ4v) is 2.77. The Kier molecular flexibility index (Phi) is 6.64. The van der Waals surface area contributed by atoms with Gasteiger partial charge >= 0.3 is 0 Å². The van der Waals surface area contributed by atoms with Gasteiger partial charge in [0.05, 0.1) is 5.02 Å². The highest BCUT2D eigenvalue weighted by Crippen LogP contribution is 2.29. The minimum absolute atomic E-state index is 0.249.